The molecule has 5 nitrogen and oxygen atoms in total. The van der Waals surface area contributed by atoms with Gasteiger partial charge in [-0.3, -0.25) is 9.59 Å². The van der Waals surface area contributed by atoms with Gasteiger partial charge in [-0.1, -0.05) is 12.1 Å². The Balaban J connectivity index is 2.15. The van der Waals surface area contributed by atoms with Gasteiger partial charge < -0.3 is 14.5 Å². The minimum atomic E-state index is -0.356. The van der Waals surface area contributed by atoms with E-state index in [1.54, 1.807) is 4.90 Å². The summed E-state index contributed by atoms with van der Waals surface area (Å²) in [5.41, 5.74) is 1.99. The van der Waals surface area contributed by atoms with E-state index in [2.05, 4.69) is 4.90 Å². The van der Waals surface area contributed by atoms with Gasteiger partial charge >= 0.3 is 5.97 Å². The van der Waals surface area contributed by atoms with Crippen molar-refractivity contribution < 1.29 is 14.3 Å². The number of benzene rings is 1. The van der Waals surface area contributed by atoms with Crippen LogP contribution < -0.4 is 4.90 Å². The second kappa shape index (κ2) is 6.05. The number of hydrogen-bond acceptors (Lipinski definition) is 4. The Morgan fingerprint density at radius 3 is 2.85 bits per heavy atom. The molecule has 1 amide bonds. The standard InChI is InChI=1S/C15H20N2O3/c1-16(2)9-11-5-4-6-13(7-11)17-10-12(8-14(17)18)15(19)20-3/h4-7,12H,8-10H2,1-3H3. The third kappa shape index (κ3) is 3.17. The fourth-order valence-electron chi connectivity index (χ4n) is 2.47. The number of carbonyl (C=O) groups is 2. The van der Waals surface area contributed by atoms with Crippen LogP contribution in [0.5, 0.6) is 0 Å². The number of nitrogens with zero attached hydrogens (tertiary/aromatic N) is 2. The molecule has 1 heterocycles. The van der Waals surface area contributed by atoms with Gasteiger partial charge in [-0.25, -0.2) is 0 Å². The van der Waals surface area contributed by atoms with Crippen LogP contribution >= 0.6 is 0 Å². The van der Waals surface area contributed by atoms with Crippen LogP contribution in [0.3, 0.4) is 0 Å². The Morgan fingerprint density at radius 2 is 2.20 bits per heavy atom. The Kier molecular flexibility index (Phi) is 4.39. The van der Waals surface area contributed by atoms with Gasteiger partial charge in [-0.2, -0.15) is 0 Å². The van der Waals surface area contributed by atoms with Crippen molar-refractivity contribution in [2.45, 2.75) is 13.0 Å². The van der Waals surface area contributed by atoms with E-state index in [-0.39, 0.29) is 24.2 Å². The molecule has 0 aromatic heterocycles. The summed E-state index contributed by atoms with van der Waals surface area (Å²) in [5, 5.41) is 0. The van der Waals surface area contributed by atoms with Gasteiger partial charge in [0.15, 0.2) is 0 Å². The van der Waals surface area contributed by atoms with Crippen LogP contribution in [0.2, 0.25) is 0 Å². The Hall–Kier alpha value is -1.88. The molecule has 0 aliphatic carbocycles. The highest BCUT2D eigenvalue weighted by Gasteiger charge is 2.35. The fourth-order valence-corrected chi connectivity index (χ4v) is 2.47. The molecule has 0 radical (unpaired) electrons. The van der Waals surface area contributed by atoms with E-state index in [1.165, 1.54) is 7.11 Å². The molecular formula is C15H20N2O3. The lowest BCUT2D eigenvalue weighted by molar-refractivity contribution is -0.145. The number of rotatable bonds is 4. The predicted molar refractivity (Wildman–Crippen MR) is 76.3 cm³/mol. The third-order valence-electron chi connectivity index (χ3n) is 3.38. The zero-order valence-corrected chi connectivity index (χ0v) is 12.1. The minimum Gasteiger partial charge on any atom is -0.469 e. The summed E-state index contributed by atoms with van der Waals surface area (Å²) >= 11 is 0. The summed E-state index contributed by atoms with van der Waals surface area (Å²) in [4.78, 5) is 27.3. The SMILES string of the molecule is COC(=O)C1CC(=O)N(c2cccc(CN(C)C)c2)C1. The van der Waals surface area contributed by atoms with Crippen molar-refractivity contribution in [3.63, 3.8) is 0 Å². The lowest BCUT2D eigenvalue weighted by Gasteiger charge is -2.18. The third-order valence-corrected chi connectivity index (χ3v) is 3.38. The van der Waals surface area contributed by atoms with Crippen LogP contribution in [0.25, 0.3) is 0 Å². The fraction of sp³-hybridized carbons (Fsp3) is 0.467. The maximum atomic E-state index is 12.0. The van der Waals surface area contributed by atoms with Crippen LogP contribution in [0.1, 0.15) is 12.0 Å². The van der Waals surface area contributed by atoms with Gasteiger partial charge in [0.2, 0.25) is 5.91 Å². The van der Waals surface area contributed by atoms with Gasteiger partial charge in [0.1, 0.15) is 0 Å². The van der Waals surface area contributed by atoms with Crippen LogP contribution in [0.4, 0.5) is 5.69 Å². The normalized spacial score (nSPS) is 18.7. The molecule has 5 heteroatoms. The molecular weight excluding hydrogens is 256 g/mol. The van der Waals surface area contributed by atoms with Crippen LogP contribution in [-0.4, -0.2) is 44.5 Å². The first-order chi connectivity index (χ1) is 9.51. The smallest absolute Gasteiger partial charge is 0.311 e. The summed E-state index contributed by atoms with van der Waals surface area (Å²) in [6, 6.07) is 7.86. The Labute approximate surface area is 119 Å². The molecule has 20 heavy (non-hydrogen) atoms. The van der Waals surface area contributed by atoms with E-state index in [0.29, 0.717) is 6.54 Å². The molecule has 2 rings (SSSR count). The number of hydrogen-bond donors (Lipinski definition) is 0. The van der Waals surface area contributed by atoms with E-state index in [9.17, 15) is 9.59 Å². The molecule has 0 saturated carbocycles. The van der Waals surface area contributed by atoms with Crippen molar-refractivity contribution in [1.82, 2.24) is 4.90 Å². The highest BCUT2D eigenvalue weighted by Crippen LogP contribution is 2.26. The first-order valence-electron chi connectivity index (χ1n) is 6.63. The van der Waals surface area contributed by atoms with Crippen LogP contribution in [0.15, 0.2) is 24.3 Å². The molecule has 0 spiro atoms. The average molecular weight is 276 g/mol. The maximum Gasteiger partial charge on any atom is 0.311 e. The van der Waals surface area contributed by atoms with Crippen molar-refractivity contribution in [3.8, 4) is 0 Å². The number of amides is 1. The summed E-state index contributed by atoms with van der Waals surface area (Å²) in [7, 11) is 5.36. The molecule has 1 atom stereocenters. The highest BCUT2D eigenvalue weighted by molar-refractivity contribution is 5.99. The Bertz CT molecular complexity index is 514. The van der Waals surface area contributed by atoms with E-state index in [1.807, 2.05) is 38.4 Å². The molecule has 1 aromatic carbocycles. The molecule has 1 aromatic rings. The molecule has 0 bridgehead atoms. The van der Waals surface area contributed by atoms with Gasteiger partial charge in [0.25, 0.3) is 0 Å². The quantitative estimate of drug-likeness (QED) is 0.777. The molecule has 108 valence electrons. The Morgan fingerprint density at radius 1 is 1.45 bits per heavy atom. The monoisotopic (exact) mass is 276 g/mol. The van der Waals surface area contributed by atoms with E-state index in [0.717, 1.165) is 17.8 Å². The summed E-state index contributed by atoms with van der Waals surface area (Å²) < 4.78 is 4.72. The first-order valence-corrected chi connectivity index (χ1v) is 6.63. The van der Waals surface area contributed by atoms with Gasteiger partial charge in [0.05, 0.1) is 13.0 Å². The molecule has 1 aliphatic rings. The average Bonchev–Trinajstić information content (AvgIpc) is 2.79. The zero-order chi connectivity index (χ0) is 14.7. The van der Waals surface area contributed by atoms with Gasteiger partial charge in [-0.15, -0.1) is 0 Å². The highest BCUT2D eigenvalue weighted by atomic mass is 16.5. The molecule has 1 fully saturated rings. The summed E-state index contributed by atoms with van der Waals surface area (Å²) in [6.45, 7) is 1.22. The van der Waals surface area contributed by atoms with Crippen LogP contribution in [-0.2, 0) is 20.9 Å². The molecule has 1 saturated heterocycles. The summed E-state index contributed by atoms with van der Waals surface area (Å²) in [6.07, 6.45) is 0.227. The number of carbonyl (C=O) groups excluding carboxylic acids is 2. The first kappa shape index (κ1) is 14.5. The summed E-state index contributed by atoms with van der Waals surface area (Å²) in [5.74, 6) is -0.697. The van der Waals surface area contributed by atoms with Crippen molar-refractivity contribution >= 4 is 17.6 Å². The number of esters is 1. The van der Waals surface area contributed by atoms with Crippen molar-refractivity contribution in [2.24, 2.45) is 5.92 Å². The minimum absolute atomic E-state index is 0.0256. The van der Waals surface area contributed by atoms with Crippen LogP contribution in [0, 0.1) is 5.92 Å². The largest absolute Gasteiger partial charge is 0.469 e. The van der Waals surface area contributed by atoms with E-state index in [4.69, 9.17) is 4.74 Å². The second-order valence-electron chi connectivity index (χ2n) is 5.34. The van der Waals surface area contributed by atoms with Gasteiger partial charge in [-0.05, 0) is 31.8 Å². The molecule has 0 N–H and O–H groups in total. The van der Waals surface area contributed by atoms with E-state index < -0.39 is 0 Å². The lowest BCUT2D eigenvalue weighted by atomic mass is 10.1. The second-order valence-corrected chi connectivity index (χ2v) is 5.34. The lowest BCUT2D eigenvalue weighted by Crippen LogP contribution is -2.26. The number of ether oxygens (including phenoxy) is 1. The number of anilines is 1. The molecule has 1 unspecified atom stereocenters. The van der Waals surface area contributed by atoms with Crippen molar-refractivity contribution in [2.75, 3.05) is 32.6 Å². The number of methoxy groups -OCH3 is 1. The maximum absolute atomic E-state index is 12.0. The molecule has 1 aliphatic heterocycles. The van der Waals surface area contributed by atoms with Gasteiger partial charge in [0, 0.05) is 25.2 Å². The predicted octanol–water partition coefficient (Wildman–Crippen LogP) is 1.27. The zero-order valence-electron chi connectivity index (χ0n) is 12.1. The van der Waals surface area contributed by atoms with Crippen molar-refractivity contribution in [1.29, 1.82) is 0 Å². The van der Waals surface area contributed by atoms with E-state index >= 15 is 0 Å². The van der Waals surface area contributed by atoms with Crippen molar-refractivity contribution in [3.05, 3.63) is 29.8 Å². The topological polar surface area (TPSA) is 49.9 Å².